The Kier molecular flexibility index (Phi) is 4.97. The predicted octanol–water partition coefficient (Wildman–Crippen LogP) is 10.6. The molecule has 3 heterocycles. The van der Waals surface area contributed by atoms with E-state index in [1.165, 1.54) is 24.3 Å². The first-order valence-corrected chi connectivity index (χ1v) is 14.2. The Morgan fingerprint density at radius 3 is 1.77 bits per heavy atom. The van der Waals surface area contributed by atoms with Gasteiger partial charge in [-0.1, -0.05) is 54.6 Å². The van der Waals surface area contributed by atoms with Crippen LogP contribution in [0.2, 0.25) is 0 Å². The van der Waals surface area contributed by atoms with Gasteiger partial charge in [0.25, 0.3) is 0 Å². The largest absolute Gasteiger partial charge is 0.439 e. The molecule has 0 aliphatic carbocycles. The zero-order chi connectivity index (χ0) is 28.7. The van der Waals surface area contributed by atoms with E-state index >= 15 is 0 Å². The summed E-state index contributed by atoms with van der Waals surface area (Å²) in [6.45, 7) is 0. The fourth-order valence-electron chi connectivity index (χ4n) is 6.55. The van der Waals surface area contributed by atoms with Gasteiger partial charge in [-0.25, -0.2) is 8.78 Å². The van der Waals surface area contributed by atoms with Crippen LogP contribution in [0.3, 0.4) is 0 Å². The number of aromatic nitrogens is 2. The Balaban J connectivity index is 1.18. The number of rotatable bonds is 3. The van der Waals surface area contributed by atoms with Crippen molar-refractivity contribution in [2.24, 2.45) is 0 Å². The molecule has 43 heavy (non-hydrogen) atoms. The summed E-state index contributed by atoms with van der Waals surface area (Å²) in [6, 6.07) is 42.6. The monoisotopic (exact) mass is 560 g/mol. The maximum atomic E-state index is 14.1. The van der Waals surface area contributed by atoms with Crippen molar-refractivity contribution in [1.82, 2.24) is 9.13 Å². The molecule has 0 amide bonds. The van der Waals surface area contributed by atoms with E-state index in [0.717, 1.165) is 66.5 Å². The molecule has 0 unspecified atom stereocenters. The smallest absolute Gasteiger partial charge is 0.213 e. The van der Waals surface area contributed by atoms with Gasteiger partial charge in [0, 0.05) is 32.9 Å². The van der Waals surface area contributed by atoms with Crippen LogP contribution in [0, 0.1) is 11.6 Å². The van der Waals surface area contributed by atoms with Gasteiger partial charge in [-0.05, 0) is 90.0 Å². The van der Waals surface area contributed by atoms with Gasteiger partial charge in [-0.2, -0.15) is 0 Å². The Morgan fingerprint density at radius 2 is 1.05 bits per heavy atom. The third-order valence-corrected chi connectivity index (χ3v) is 8.45. The molecular weight excluding hydrogens is 538 g/mol. The molecule has 6 aromatic carbocycles. The quantitative estimate of drug-likeness (QED) is 0.211. The zero-order valence-electron chi connectivity index (χ0n) is 22.8. The summed E-state index contributed by atoms with van der Waals surface area (Å²) in [5.74, 6) is -0.693. The lowest BCUT2D eigenvalue weighted by atomic mass is 10.0. The van der Waals surface area contributed by atoms with Crippen LogP contribution in [0.5, 0.6) is 0 Å². The number of halogens is 2. The first-order valence-electron chi connectivity index (χ1n) is 14.2. The lowest BCUT2D eigenvalue weighted by Gasteiger charge is -2.09. The van der Waals surface area contributed by atoms with Gasteiger partial charge in [0.1, 0.15) is 17.2 Å². The standard InChI is InChI=1S/C38H22F2N2O/c39-25-13-18-34-31(21-25)32-22-26(40)14-19-35(32)41(34)28-15-10-23(11-16-28)24-12-17-30-36(20-24)43-38-37(30)29-8-4-5-9-33(29)42(38)27-6-2-1-3-7-27/h1-22H. The Labute approximate surface area is 244 Å². The molecule has 3 aromatic heterocycles. The van der Waals surface area contributed by atoms with E-state index < -0.39 is 0 Å². The van der Waals surface area contributed by atoms with Crippen LogP contribution in [0.1, 0.15) is 0 Å². The van der Waals surface area contributed by atoms with Crippen LogP contribution >= 0.6 is 0 Å². The van der Waals surface area contributed by atoms with Gasteiger partial charge in [0.05, 0.1) is 21.9 Å². The van der Waals surface area contributed by atoms with Crippen molar-refractivity contribution in [3.8, 4) is 22.5 Å². The van der Waals surface area contributed by atoms with Gasteiger partial charge in [-0.15, -0.1) is 0 Å². The summed E-state index contributed by atoms with van der Waals surface area (Å²) in [5.41, 5.74) is 8.46. The van der Waals surface area contributed by atoms with Gasteiger partial charge in [0.15, 0.2) is 0 Å². The molecule has 0 aliphatic rings. The molecule has 0 N–H and O–H groups in total. The van der Waals surface area contributed by atoms with E-state index in [2.05, 4.69) is 71.3 Å². The van der Waals surface area contributed by atoms with Crippen molar-refractivity contribution >= 4 is 54.8 Å². The van der Waals surface area contributed by atoms with E-state index in [9.17, 15) is 8.78 Å². The van der Waals surface area contributed by atoms with Crippen LogP contribution in [0.25, 0.3) is 77.3 Å². The molecule has 0 spiro atoms. The summed E-state index contributed by atoms with van der Waals surface area (Å²) in [6.07, 6.45) is 0. The van der Waals surface area contributed by atoms with Crippen LogP contribution in [0.15, 0.2) is 138 Å². The second-order valence-corrected chi connectivity index (χ2v) is 10.9. The number of para-hydroxylation sites is 2. The third-order valence-electron chi connectivity index (χ3n) is 8.45. The zero-order valence-corrected chi connectivity index (χ0v) is 22.8. The second-order valence-electron chi connectivity index (χ2n) is 10.9. The minimum Gasteiger partial charge on any atom is -0.439 e. The third kappa shape index (κ3) is 3.52. The summed E-state index contributed by atoms with van der Waals surface area (Å²) in [7, 11) is 0. The molecule has 204 valence electrons. The normalized spacial score (nSPS) is 12.0. The Morgan fingerprint density at radius 1 is 0.442 bits per heavy atom. The first kappa shape index (κ1) is 24.0. The Bertz CT molecular complexity index is 2460. The molecule has 5 heteroatoms. The number of nitrogens with zero attached hydrogens (tertiary/aromatic N) is 2. The highest BCUT2D eigenvalue weighted by Crippen LogP contribution is 2.40. The lowest BCUT2D eigenvalue weighted by molar-refractivity contribution is 0.628. The van der Waals surface area contributed by atoms with E-state index in [1.54, 1.807) is 12.1 Å². The van der Waals surface area contributed by atoms with Gasteiger partial charge in [0.2, 0.25) is 5.71 Å². The van der Waals surface area contributed by atoms with E-state index in [0.29, 0.717) is 10.8 Å². The van der Waals surface area contributed by atoms with Gasteiger partial charge < -0.3 is 8.98 Å². The molecule has 0 bridgehead atoms. The van der Waals surface area contributed by atoms with Crippen LogP contribution in [-0.2, 0) is 0 Å². The highest BCUT2D eigenvalue weighted by atomic mass is 19.1. The molecular formula is C38H22F2N2O. The summed E-state index contributed by atoms with van der Waals surface area (Å²) in [4.78, 5) is 0. The summed E-state index contributed by atoms with van der Waals surface area (Å²) < 4.78 is 39.1. The van der Waals surface area contributed by atoms with E-state index in [4.69, 9.17) is 4.42 Å². The van der Waals surface area contributed by atoms with Gasteiger partial charge in [-0.3, -0.25) is 4.57 Å². The SMILES string of the molecule is Fc1ccc2c(c1)c1cc(F)ccc1n2-c1ccc(-c2ccc3c(c2)oc2c3c3ccccc3n2-c2ccccc2)cc1. The molecule has 0 aliphatic heterocycles. The van der Waals surface area contributed by atoms with E-state index in [1.807, 2.05) is 34.9 Å². The number of fused-ring (bicyclic) bond motifs is 8. The summed E-state index contributed by atoms with van der Waals surface area (Å²) >= 11 is 0. The molecule has 0 fully saturated rings. The molecule has 9 aromatic rings. The predicted molar refractivity (Wildman–Crippen MR) is 170 cm³/mol. The fourth-order valence-corrected chi connectivity index (χ4v) is 6.55. The molecule has 3 nitrogen and oxygen atoms in total. The first-order chi connectivity index (χ1) is 21.1. The molecule has 0 atom stereocenters. The summed E-state index contributed by atoms with van der Waals surface area (Å²) in [5, 5.41) is 4.70. The average Bonchev–Trinajstić information content (AvgIpc) is 3.67. The minimum absolute atomic E-state index is 0.346. The van der Waals surface area contributed by atoms with Crippen molar-refractivity contribution in [2.45, 2.75) is 0 Å². The highest BCUT2D eigenvalue weighted by molar-refractivity contribution is 6.20. The van der Waals surface area contributed by atoms with Crippen LogP contribution in [-0.4, -0.2) is 9.13 Å². The number of benzene rings is 6. The maximum absolute atomic E-state index is 14.1. The minimum atomic E-state index is -0.346. The van der Waals surface area contributed by atoms with Crippen molar-refractivity contribution in [3.63, 3.8) is 0 Å². The second kappa shape index (κ2) is 8.91. The van der Waals surface area contributed by atoms with Crippen LogP contribution < -0.4 is 0 Å². The molecule has 9 rings (SSSR count). The number of hydrogen-bond donors (Lipinski definition) is 0. The topological polar surface area (TPSA) is 23.0 Å². The average molecular weight is 561 g/mol. The molecule has 0 saturated carbocycles. The van der Waals surface area contributed by atoms with Crippen molar-refractivity contribution in [1.29, 1.82) is 0 Å². The van der Waals surface area contributed by atoms with Crippen molar-refractivity contribution in [2.75, 3.05) is 0 Å². The van der Waals surface area contributed by atoms with Crippen molar-refractivity contribution in [3.05, 3.63) is 145 Å². The molecule has 0 saturated heterocycles. The number of furan rings is 1. The number of hydrogen-bond acceptors (Lipinski definition) is 1. The van der Waals surface area contributed by atoms with Crippen LogP contribution in [0.4, 0.5) is 8.78 Å². The maximum Gasteiger partial charge on any atom is 0.213 e. The van der Waals surface area contributed by atoms with E-state index in [-0.39, 0.29) is 11.6 Å². The van der Waals surface area contributed by atoms with Gasteiger partial charge >= 0.3 is 0 Å². The lowest BCUT2D eigenvalue weighted by Crippen LogP contribution is -1.94. The fraction of sp³-hybridized carbons (Fsp3) is 0. The van der Waals surface area contributed by atoms with Crippen molar-refractivity contribution < 1.29 is 13.2 Å². The highest BCUT2D eigenvalue weighted by Gasteiger charge is 2.19. The Hall–Kier alpha value is -5.68. The molecule has 0 radical (unpaired) electrons.